The number of carboxylic acids is 1. The molecule has 102 valence electrons. The molecular formula is C14H18N2O3. The van der Waals surface area contributed by atoms with Gasteiger partial charge in [-0.05, 0) is 24.5 Å². The smallest absolute Gasteiger partial charge is 0.308 e. The Morgan fingerprint density at radius 2 is 2.21 bits per heavy atom. The molecule has 5 nitrogen and oxygen atoms in total. The van der Waals surface area contributed by atoms with Crippen LogP contribution in [0.4, 0.5) is 0 Å². The van der Waals surface area contributed by atoms with Crippen LogP contribution >= 0.6 is 0 Å². The van der Waals surface area contributed by atoms with Crippen LogP contribution in [0.15, 0.2) is 18.3 Å². The Labute approximate surface area is 112 Å². The second kappa shape index (κ2) is 5.38. The molecule has 1 saturated heterocycles. The third-order valence-corrected chi connectivity index (χ3v) is 3.72. The highest BCUT2D eigenvalue weighted by Crippen LogP contribution is 2.23. The molecule has 0 bridgehead atoms. The van der Waals surface area contributed by atoms with E-state index in [1.807, 2.05) is 26.0 Å². The van der Waals surface area contributed by atoms with Crippen molar-refractivity contribution in [1.29, 1.82) is 0 Å². The molecule has 19 heavy (non-hydrogen) atoms. The molecule has 1 fully saturated rings. The van der Waals surface area contributed by atoms with Gasteiger partial charge in [-0.15, -0.1) is 0 Å². The van der Waals surface area contributed by atoms with E-state index in [-0.39, 0.29) is 18.2 Å². The first-order valence-electron chi connectivity index (χ1n) is 6.40. The van der Waals surface area contributed by atoms with Crippen LogP contribution in [0.2, 0.25) is 0 Å². The third-order valence-electron chi connectivity index (χ3n) is 3.72. The maximum Gasteiger partial charge on any atom is 0.308 e. The Balaban J connectivity index is 2.02. The molecule has 5 heteroatoms. The zero-order valence-electron chi connectivity index (χ0n) is 11.2. The van der Waals surface area contributed by atoms with E-state index in [0.29, 0.717) is 13.1 Å². The van der Waals surface area contributed by atoms with Gasteiger partial charge in [-0.25, -0.2) is 0 Å². The number of aliphatic carboxylic acids is 1. The van der Waals surface area contributed by atoms with Crippen molar-refractivity contribution in [3.05, 3.63) is 29.6 Å². The lowest BCUT2D eigenvalue weighted by Gasteiger charge is -2.16. The monoisotopic (exact) mass is 262 g/mol. The van der Waals surface area contributed by atoms with Crippen LogP contribution in [0.3, 0.4) is 0 Å². The van der Waals surface area contributed by atoms with Crippen molar-refractivity contribution in [2.75, 3.05) is 13.1 Å². The molecule has 0 spiro atoms. The molecule has 0 unspecified atom stereocenters. The SMILES string of the molecule is Cc1cccnc1CC(=O)N1C[C@@H](C)[C@H](C(=O)O)C1. The molecule has 1 amide bonds. The van der Waals surface area contributed by atoms with Gasteiger partial charge < -0.3 is 10.0 Å². The molecule has 0 aliphatic carbocycles. The van der Waals surface area contributed by atoms with Gasteiger partial charge in [0.2, 0.25) is 5.91 Å². The number of rotatable bonds is 3. The number of nitrogens with zero attached hydrogens (tertiary/aromatic N) is 2. The van der Waals surface area contributed by atoms with Crippen molar-refractivity contribution >= 4 is 11.9 Å². The zero-order chi connectivity index (χ0) is 14.0. The Morgan fingerprint density at radius 3 is 2.79 bits per heavy atom. The topological polar surface area (TPSA) is 70.5 Å². The second-order valence-corrected chi connectivity index (χ2v) is 5.16. The molecule has 1 aliphatic heterocycles. The minimum atomic E-state index is -0.822. The summed E-state index contributed by atoms with van der Waals surface area (Å²) >= 11 is 0. The fourth-order valence-electron chi connectivity index (χ4n) is 2.45. The number of amides is 1. The van der Waals surface area contributed by atoms with Crippen LogP contribution in [0.1, 0.15) is 18.2 Å². The van der Waals surface area contributed by atoms with Crippen molar-refractivity contribution in [2.45, 2.75) is 20.3 Å². The molecule has 0 aromatic carbocycles. The highest BCUT2D eigenvalue weighted by molar-refractivity contribution is 5.80. The largest absolute Gasteiger partial charge is 0.481 e. The lowest BCUT2D eigenvalue weighted by atomic mass is 9.99. The maximum absolute atomic E-state index is 12.2. The van der Waals surface area contributed by atoms with E-state index in [1.165, 1.54) is 0 Å². The number of carbonyl (C=O) groups excluding carboxylic acids is 1. The summed E-state index contributed by atoms with van der Waals surface area (Å²) in [5, 5.41) is 9.07. The van der Waals surface area contributed by atoms with Crippen LogP contribution in [-0.2, 0) is 16.0 Å². The van der Waals surface area contributed by atoms with Crippen LogP contribution in [0, 0.1) is 18.8 Å². The number of carboxylic acid groups (broad SMARTS) is 1. The van der Waals surface area contributed by atoms with Crippen molar-refractivity contribution in [1.82, 2.24) is 9.88 Å². The Kier molecular flexibility index (Phi) is 3.83. The molecule has 2 rings (SSSR count). The molecule has 1 N–H and O–H groups in total. The van der Waals surface area contributed by atoms with Crippen molar-refractivity contribution < 1.29 is 14.7 Å². The average molecular weight is 262 g/mol. The van der Waals surface area contributed by atoms with Gasteiger partial charge >= 0.3 is 5.97 Å². The summed E-state index contributed by atoms with van der Waals surface area (Å²) in [6, 6.07) is 3.75. The van der Waals surface area contributed by atoms with Gasteiger partial charge in [-0.3, -0.25) is 14.6 Å². The van der Waals surface area contributed by atoms with E-state index in [9.17, 15) is 9.59 Å². The number of pyridine rings is 1. The number of aryl methyl sites for hydroxylation is 1. The van der Waals surface area contributed by atoms with Crippen molar-refractivity contribution in [3.63, 3.8) is 0 Å². The Morgan fingerprint density at radius 1 is 1.47 bits per heavy atom. The number of likely N-dealkylation sites (tertiary alicyclic amines) is 1. The van der Waals surface area contributed by atoms with Gasteiger partial charge in [-0.2, -0.15) is 0 Å². The molecule has 1 aliphatic rings. The van der Waals surface area contributed by atoms with Crippen LogP contribution in [0.25, 0.3) is 0 Å². The molecule has 1 aromatic heterocycles. The lowest BCUT2D eigenvalue weighted by molar-refractivity contribution is -0.142. The summed E-state index contributed by atoms with van der Waals surface area (Å²) in [5.74, 6) is -1.31. The summed E-state index contributed by atoms with van der Waals surface area (Å²) in [7, 11) is 0. The number of hydrogen-bond donors (Lipinski definition) is 1. The Bertz CT molecular complexity index is 501. The lowest BCUT2D eigenvalue weighted by Crippen LogP contribution is -2.31. The molecular weight excluding hydrogens is 244 g/mol. The Hall–Kier alpha value is -1.91. The normalized spacial score (nSPS) is 22.5. The highest BCUT2D eigenvalue weighted by atomic mass is 16.4. The van der Waals surface area contributed by atoms with Crippen LogP contribution in [0.5, 0.6) is 0 Å². The summed E-state index contributed by atoms with van der Waals surface area (Å²) in [4.78, 5) is 29.1. The average Bonchev–Trinajstić information content (AvgIpc) is 2.74. The number of aromatic nitrogens is 1. The van der Waals surface area contributed by atoms with Gasteiger partial charge in [0.05, 0.1) is 18.0 Å². The molecule has 2 atom stereocenters. The van der Waals surface area contributed by atoms with Gasteiger partial charge in [-0.1, -0.05) is 13.0 Å². The quantitative estimate of drug-likeness (QED) is 0.886. The van der Waals surface area contributed by atoms with Gasteiger partial charge in [0.25, 0.3) is 0 Å². The maximum atomic E-state index is 12.2. The summed E-state index contributed by atoms with van der Waals surface area (Å²) in [6.07, 6.45) is 1.91. The summed E-state index contributed by atoms with van der Waals surface area (Å²) < 4.78 is 0. The van der Waals surface area contributed by atoms with E-state index < -0.39 is 11.9 Å². The summed E-state index contributed by atoms with van der Waals surface area (Å²) in [6.45, 7) is 4.61. The minimum absolute atomic E-state index is 0.00581. The van der Waals surface area contributed by atoms with Gasteiger partial charge in [0, 0.05) is 19.3 Å². The van der Waals surface area contributed by atoms with Crippen LogP contribution in [-0.4, -0.2) is 40.0 Å². The minimum Gasteiger partial charge on any atom is -0.481 e. The van der Waals surface area contributed by atoms with Gasteiger partial charge in [0.1, 0.15) is 0 Å². The van der Waals surface area contributed by atoms with Crippen LogP contribution < -0.4 is 0 Å². The van der Waals surface area contributed by atoms with E-state index in [0.717, 1.165) is 11.3 Å². The molecule has 1 aromatic rings. The number of carbonyl (C=O) groups is 2. The van der Waals surface area contributed by atoms with E-state index in [1.54, 1.807) is 11.1 Å². The standard InChI is InChI=1S/C14H18N2O3/c1-9-4-3-5-15-12(9)6-13(17)16-7-10(2)11(8-16)14(18)19/h3-5,10-11H,6-8H2,1-2H3,(H,18,19)/t10-,11-/m1/s1. The predicted molar refractivity (Wildman–Crippen MR) is 69.5 cm³/mol. The fourth-order valence-corrected chi connectivity index (χ4v) is 2.45. The first kappa shape index (κ1) is 13.5. The summed E-state index contributed by atoms with van der Waals surface area (Å²) in [5.41, 5.74) is 1.75. The van der Waals surface area contributed by atoms with E-state index in [2.05, 4.69) is 4.98 Å². The third kappa shape index (κ3) is 2.92. The first-order chi connectivity index (χ1) is 8.99. The van der Waals surface area contributed by atoms with E-state index in [4.69, 9.17) is 5.11 Å². The zero-order valence-corrected chi connectivity index (χ0v) is 11.2. The molecule has 2 heterocycles. The number of hydrogen-bond acceptors (Lipinski definition) is 3. The molecule has 0 radical (unpaired) electrons. The van der Waals surface area contributed by atoms with Gasteiger partial charge in [0.15, 0.2) is 0 Å². The molecule has 0 saturated carbocycles. The fraction of sp³-hybridized carbons (Fsp3) is 0.500. The predicted octanol–water partition coefficient (Wildman–Crippen LogP) is 1.11. The van der Waals surface area contributed by atoms with Crippen molar-refractivity contribution in [3.8, 4) is 0 Å². The van der Waals surface area contributed by atoms with E-state index >= 15 is 0 Å². The second-order valence-electron chi connectivity index (χ2n) is 5.16. The van der Waals surface area contributed by atoms with Crippen molar-refractivity contribution in [2.24, 2.45) is 11.8 Å². The first-order valence-corrected chi connectivity index (χ1v) is 6.40. The highest BCUT2D eigenvalue weighted by Gasteiger charge is 2.36.